The molecule has 1 amide bonds. The molecule has 1 aliphatic rings. The fraction of sp³-hybridized carbons (Fsp3) is 0.160. The number of halogens is 2. The highest BCUT2D eigenvalue weighted by atomic mass is 32.2. The van der Waals surface area contributed by atoms with Crippen molar-refractivity contribution in [2.24, 2.45) is 0 Å². The molecule has 0 atom stereocenters. The lowest BCUT2D eigenvalue weighted by Crippen LogP contribution is -2.27. The van der Waals surface area contributed by atoms with Crippen molar-refractivity contribution in [2.75, 3.05) is 12.5 Å². The quantitative estimate of drug-likeness (QED) is 0.310. The molecule has 5 rings (SSSR count). The van der Waals surface area contributed by atoms with Crippen molar-refractivity contribution in [1.29, 1.82) is 0 Å². The van der Waals surface area contributed by atoms with Crippen LogP contribution in [0.15, 0.2) is 70.6 Å². The molecule has 2 heterocycles. The van der Waals surface area contributed by atoms with Crippen LogP contribution in [-0.4, -0.2) is 28.0 Å². The predicted octanol–water partition coefficient (Wildman–Crippen LogP) is 3.86. The van der Waals surface area contributed by atoms with Gasteiger partial charge in [-0.25, -0.2) is 13.8 Å². The van der Waals surface area contributed by atoms with Gasteiger partial charge in [-0.05, 0) is 35.9 Å². The van der Waals surface area contributed by atoms with Crippen molar-refractivity contribution in [2.45, 2.75) is 18.2 Å². The van der Waals surface area contributed by atoms with E-state index in [-0.39, 0.29) is 42.7 Å². The summed E-state index contributed by atoms with van der Waals surface area (Å²) >= 11 is 1.10. The second-order valence-electron chi connectivity index (χ2n) is 7.79. The van der Waals surface area contributed by atoms with Gasteiger partial charge in [-0.3, -0.25) is 14.2 Å². The van der Waals surface area contributed by atoms with Crippen LogP contribution in [0.2, 0.25) is 0 Å². The Morgan fingerprint density at radius 1 is 1.06 bits per heavy atom. The topological polar surface area (TPSA) is 82.5 Å². The third-order valence-electron chi connectivity index (χ3n) is 5.43. The van der Waals surface area contributed by atoms with Crippen molar-refractivity contribution in [3.8, 4) is 11.5 Å². The van der Waals surface area contributed by atoms with Crippen LogP contribution in [0.5, 0.6) is 11.5 Å². The number of carbonyl (C=O) groups is 1. The van der Waals surface area contributed by atoms with E-state index in [0.29, 0.717) is 27.6 Å². The molecule has 1 aromatic heterocycles. The van der Waals surface area contributed by atoms with Gasteiger partial charge in [-0.1, -0.05) is 36.0 Å². The van der Waals surface area contributed by atoms with Crippen LogP contribution < -0.4 is 20.3 Å². The van der Waals surface area contributed by atoms with Crippen LogP contribution in [0, 0.1) is 11.6 Å². The Balaban J connectivity index is 1.36. The third-order valence-corrected chi connectivity index (χ3v) is 6.40. The van der Waals surface area contributed by atoms with E-state index in [9.17, 15) is 18.4 Å². The van der Waals surface area contributed by atoms with E-state index in [1.165, 1.54) is 10.6 Å². The molecule has 0 aliphatic carbocycles. The summed E-state index contributed by atoms with van der Waals surface area (Å²) < 4.78 is 39.2. The average Bonchev–Trinajstić information content (AvgIpc) is 3.32. The van der Waals surface area contributed by atoms with Crippen LogP contribution in [0.25, 0.3) is 10.9 Å². The SMILES string of the molecule is O=C(CSc1nc2ccccc2c(=O)n1Cc1ccc2c(c1)OCO2)NCc1ccc(F)cc1F. The highest BCUT2D eigenvalue weighted by Crippen LogP contribution is 2.33. The van der Waals surface area contributed by atoms with Crippen LogP contribution in [0.1, 0.15) is 11.1 Å². The molecule has 1 N–H and O–H groups in total. The van der Waals surface area contributed by atoms with Gasteiger partial charge in [0, 0.05) is 18.2 Å². The zero-order valence-corrected chi connectivity index (χ0v) is 19.1. The molecule has 35 heavy (non-hydrogen) atoms. The van der Waals surface area contributed by atoms with E-state index in [1.54, 1.807) is 30.3 Å². The molecule has 7 nitrogen and oxygen atoms in total. The molecule has 0 fully saturated rings. The van der Waals surface area contributed by atoms with E-state index < -0.39 is 11.6 Å². The smallest absolute Gasteiger partial charge is 0.262 e. The fourth-order valence-corrected chi connectivity index (χ4v) is 4.49. The Morgan fingerprint density at radius 3 is 2.74 bits per heavy atom. The molecule has 0 saturated carbocycles. The number of fused-ring (bicyclic) bond motifs is 2. The van der Waals surface area contributed by atoms with Crippen LogP contribution in [-0.2, 0) is 17.9 Å². The van der Waals surface area contributed by atoms with E-state index in [0.717, 1.165) is 29.5 Å². The first-order valence-electron chi connectivity index (χ1n) is 10.7. The number of ether oxygens (including phenoxy) is 2. The Labute approximate surface area is 202 Å². The summed E-state index contributed by atoms with van der Waals surface area (Å²) in [6.07, 6.45) is 0. The molecule has 4 aromatic rings. The molecule has 0 bridgehead atoms. The van der Waals surface area contributed by atoms with E-state index in [1.807, 2.05) is 12.1 Å². The Hall–Kier alpha value is -3.92. The molecule has 0 radical (unpaired) electrons. The maximum absolute atomic E-state index is 13.8. The normalized spacial score (nSPS) is 12.2. The number of benzene rings is 3. The Bertz CT molecular complexity index is 1490. The Morgan fingerprint density at radius 2 is 1.89 bits per heavy atom. The first kappa shape index (κ1) is 22.9. The molecule has 3 aromatic carbocycles. The first-order valence-corrected chi connectivity index (χ1v) is 11.7. The minimum atomic E-state index is -0.730. The van der Waals surface area contributed by atoms with Gasteiger partial charge in [0.15, 0.2) is 16.7 Å². The lowest BCUT2D eigenvalue weighted by Gasteiger charge is -2.14. The second-order valence-corrected chi connectivity index (χ2v) is 8.73. The number of para-hydroxylation sites is 1. The van der Waals surface area contributed by atoms with Crippen molar-refractivity contribution in [3.63, 3.8) is 0 Å². The number of hydrogen-bond acceptors (Lipinski definition) is 6. The number of hydrogen-bond donors (Lipinski definition) is 1. The molecule has 178 valence electrons. The summed E-state index contributed by atoms with van der Waals surface area (Å²) in [5.41, 5.74) is 1.28. The van der Waals surface area contributed by atoms with Gasteiger partial charge in [0.05, 0.1) is 23.2 Å². The molecule has 0 saturated heterocycles. The summed E-state index contributed by atoms with van der Waals surface area (Å²) in [6.45, 7) is 0.285. The minimum absolute atomic E-state index is 0.0469. The maximum Gasteiger partial charge on any atom is 0.262 e. The monoisotopic (exact) mass is 495 g/mol. The largest absolute Gasteiger partial charge is 0.454 e. The fourth-order valence-electron chi connectivity index (χ4n) is 3.66. The van der Waals surface area contributed by atoms with Gasteiger partial charge >= 0.3 is 0 Å². The number of carbonyl (C=O) groups excluding carboxylic acids is 1. The molecule has 1 aliphatic heterocycles. The zero-order valence-electron chi connectivity index (χ0n) is 18.3. The summed E-state index contributed by atoms with van der Waals surface area (Å²) in [5, 5.41) is 3.45. The molecule has 0 spiro atoms. The third kappa shape index (κ3) is 4.97. The average molecular weight is 496 g/mol. The van der Waals surface area contributed by atoms with E-state index in [2.05, 4.69) is 10.3 Å². The number of nitrogens with zero attached hydrogens (tertiary/aromatic N) is 2. The molecular weight excluding hydrogens is 476 g/mol. The molecule has 0 unspecified atom stereocenters. The number of aromatic nitrogens is 2. The van der Waals surface area contributed by atoms with Crippen molar-refractivity contribution < 1.29 is 23.0 Å². The molecule has 10 heteroatoms. The number of amides is 1. The predicted molar refractivity (Wildman–Crippen MR) is 127 cm³/mol. The summed E-state index contributed by atoms with van der Waals surface area (Å²) in [5.74, 6) is -0.597. The van der Waals surface area contributed by atoms with Crippen molar-refractivity contribution >= 4 is 28.6 Å². The Kier molecular flexibility index (Phi) is 6.37. The van der Waals surface area contributed by atoms with E-state index in [4.69, 9.17) is 9.47 Å². The lowest BCUT2D eigenvalue weighted by atomic mass is 10.2. The summed E-state index contributed by atoms with van der Waals surface area (Å²) in [6, 6.07) is 15.6. The van der Waals surface area contributed by atoms with Gasteiger partial charge in [-0.15, -0.1) is 0 Å². The summed E-state index contributed by atoms with van der Waals surface area (Å²) in [4.78, 5) is 30.3. The highest BCUT2D eigenvalue weighted by molar-refractivity contribution is 7.99. The van der Waals surface area contributed by atoms with Crippen LogP contribution in [0.3, 0.4) is 0 Å². The summed E-state index contributed by atoms with van der Waals surface area (Å²) in [7, 11) is 0. The van der Waals surface area contributed by atoms with Gasteiger partial charge in [0.25, 0.3) is 5.56 Å². The van der Waals surface area contributed by atoms with Crippen molar-refractivity contribution in [1.82, 2.24) is 14.9 Å². The van der Waals surface area contributed by atoms with Gasteiger partial charge in [0.2, 0.25) is 12.7 Å². The zero-order chi connectivity index (χ0) is 24.4. The standard InChI is InChI=1S/C25H19F2N3O4S/c26-17-7-6-16(19(27)10-17)11-28-23(31)13-35-25-29-20-4-2-1-3-18(20)24(32)30(25)12-15-5-8-21-22(9-15)34-14-33-21/h1-10H,11-14H2,(H,28,31). The van der Waals surface area contributed by atoms with E-state index >= 15 is 0 Å². The van der Waals surface area contributed by atoms with Gasteiger partial charge < -0.3 is 14.8 Å². The number of nitrogens with one attached hydrogen (secondary N) is 1. The lowest BCUT2D eigenvalue weighted by molar-refractivity contribution is -0.118. The number of thioether (sulfide) groups is 1. The minimum Gasteiger partial charge on any atom is -0.454 e. The highest BCUT2D eigenvalue weighted by Gasteiger charge is 2.17. The number of rotatable bonds is 7. The van der Waals surface area contributed by atoms with Crippen LogP contribution in [0.4, 0.5) is 8.78 Å². The van der Waals surface area contributed by atoms with Crippen molar-refractivity contribution in [3.05, 3.63) is 93.8 Å². The maximum atomic E-state index is 13.8. The van der Waals surface area contributed by atoms with Gasteiger partial charge in [-0.2, -0.15) is 0 Å². The van der Waals surface area contributed by atoms with Gasteiger partial charge in [0.1, 0.15) is 11.6 Å². The molecular formula is C25H19F2N3O4S. The van der Waals surface area contributed by atoms with Crippen LogP contribution >= 0.6 is 11.8 Å². The first-order chi connectivity index (χ1) is 17.0. The second kappa shape index (κ2) is 9.75.